The van der Waals surface area contributed by atoms with Gasteiger partial charge in [0.2, 0.25) is 5.91 Å². The Bertz CT molecular complexity index is 278. The molecule has 3 nitrogen and oxygen atoms in total. The maximum absolute atomic E-state index is 11.1. The van der Waals surface area contributed by atoms with Crippen molar-refractivity contribution in [2.75, 3.05) is 0 Å². The molecule has 0 spiro atoms. The van der Waals surface area contributed by atoms with Gasteiger partial charge in [0.25, 0.3) is 0 Å². The fourth-order valence-corrected chi connectivity index (χ4v) is 5.11. The molecule has 4 rings (SSSR count). The Kier molecular flexibility index (Phi) is 2.29. The Labute approximate surface area is 96.9 Å². The molecule has 0 aromatic rings. The Morgan fingerprint density at radius 2 is 1.56 bits per heavy atom. The third-order valence-electron chi connectivity index (χ3n) is 5.18. The summed E-state index contributed by atoms with van der Waals surface area (Å²) < 4.78 is 0. The zero-order chi connectivity index (χ0) is 11.3. The average molecular weight is 222 g/mol. The number of amides is 1. The topological polar surface area (TPSA) is 69.1 Å². The van der Waals surface area contributed by atoms with Gasteiger partial charge >= 0.3 is 0 Å². The number of rotatable bonds is 3. The molecule has 0 aliphatic heterocycles. The molecule has 4 N–H and O–H groups in total. The predicted octanol–water partition coefficient (Wildman–Crippen LogP) is 1.41. The van der Waals surface area contributed by atoms with E-state index in [0.717, 1.165) is 24.2 Å². The summed E-state index contributed by atoms with van der Waals surface area (Å²) in [4.78, 5) is 11.1. The van der Waals surface area contributed by atoms with E-state index in [-0.39, 0.29) is 5.91 Å². The predicted molar refractivity (Wildman–Crippen MR) is 62.4 cm³/mol. The van der Waals surface area contributed by atoms with Crippen LogP contribution in [-0.2, 0) is 4.79 Å². The van der Waals surface area contributed by atoms with Gasteiger partial charge in [-0.3, -0.25) is 4.79 Å². The molecule has 4 bridgehead atoms. The fourth-order valence-electron chi connectivity index (χ4n) is 5.11. The van der Waals surface area contributed by atoms with Gasteiger partial charge in [-0.2, -0.15) is 0 Å². The van der Waals surface area contributed by atoms with E-state index in [9.17, 15) is 4.79 Å². The second-order valence-electron chi connectivity index (χ2n) is 6.63. The molecule has 16 heavy (non-hydrogen) atoms. The molecular weight excluding hydrogens is 200 g/mol. The smallest absolute Gasteiger partial charge is 0.234 e. The van der Waals surface area contributed by atoms with Crippen LogP contribution in [0.25, 0.3) is 0 Å². The van der Waals surface area contributed by atoms with Crippen LogP contribution >= 0.6 is 0 Å². The summed E-state index contributed by atoms with van der Waals surface area (Å²) in [6.45, 7) is 0. The first-order valence-electron chi connectivity index (χ1n) is 6.61. The van der Waals surface area contributed by atoms with Gasteiger partial charge in [0.05, 0.1) is 6.04 Å². The lowest BCUT2D eigenvalue weighted by atomic mass is 9.48. The van der Waals surface area contributed by atoms with Crippen LogP contribution in [0, 0.1) is 23.2 Å². The minimum atomic E-state index is -0.420. The molecule has 0 heterocycles. The lowest BCUT2D eigenvalue weighted by Crippen LogP contribution is -2.50. The van der Waals surface area contributed by atoms with Gasteiger partial charge in [-0.05, 0) is 68.1 Å². The lowest BCUT2D eigenvalue weighted by molar-refractivity contribution is -0.122. The Morgan fingerprint density at radius 3 is 1.94 bits per heavy atom. The second kappa shape index (κ2) is 3.46. The molecule has 0 aromatic carbocycles. The quantitative estimate of drug-likeness (QED) is 0.758. The van der Waals surface area contributed by atoms with Crippen LogP contribution in [-0.4, -0.2) is 11.9 Å². The standard InChI is InChI=1S/C13H22N2O/c14-11(12(15)16)7-13-4-8-1-9(5-13)3-10(2-8)6-13/h8-11H,1-7,14H2,(H2,15,16)/t8?,9?,10?,11-,13?/m1/s1. The highest BCUT2D eigenvalue weighted by atomic mass is 16.1. The van der Waals surface area contributed by atoms with Crippen LogP contribution in [0.4, 0.5) is 0 Å². The van der Waals surface area contributed by atoms with Gasteiger partial charge in [0.15, 0.2) is 0 Å². The minimum Gasteiger partial charge on any atom is -0.368 e. The van der Waals surface area contributed by atoms with Crippen LogP contribution in [0.2, 0.25) is 0 Å². The largest absolute Gasteiger partial charge is 0.368 e. The van der Waals surface area contributed by atoms with E-state index in [4.69, 9.17) is 11.5 Å². The Morgan fingerprint density at radius 1 is 1.12 bits per heavy atom. The highest BCUT2D eigenvalue weighted by Crippen LogP contribution is 2.61. The monoisotopic (exact) mass is 222 g/mol. The summed E-state index contributed by atoms with van der Waals surface area (Å²) >= 11 is 0. The van der Waals surface area contributed by atoms with Gasteiger partial charge in [-0.25, -0.2) is 0 Å². The van der Waals surface area contributed by atoms with Crippen molar-refractivity contribution in [2.45, 2.75) is 51.0 Å². The average Bonchev–Trinajstić information content (AvgIpc) is 2.13. The first-order valence-corrected chi connectivity index (χ1v) is 6.61. The summed E-state index contributed by atoms with van der Waals surface area (Å²) in [7, 11) is 0. The first-order chi connectivity index (χ1) is 7.56. The molecule has 0 radical (unpaired) electrons. The number of carbonyl (C=O) groups is 1. The normalized spacial score (nSPS) is 46.9. The van der Waals surface area contributed by atoms with Crippen molar-refractivity contribution in [3.05, 3.63) is 0 Å². The lowest BCUT2D eigenvalue weighted by Gasteiger charge is -2.57. The van der Waals surface area contributed by atoms with E-state index in [0.29, 0.717) is 5.41 Å². The molecule has 0 saturated heterocycles. The molecule has 4 aliphatic carbocycles. The maximum Gasteiger partial charge on any atom is 0.234 e. The van der Waals surface area contributed by atoms with Gasteiger partial charge in [-0.15, -0.1) is 0 Å². The maximum atomic E-state index is 11.1. The summed E-state index contributed by atoms with van der Waals surface area (Å²) in [6, 6.07) is -0.420. The SMILES string of the molecule is NC(=O)[C@H](N)CC12CC3CC(CC(C3)C1)C2. The number of nitrogens with two attached hydrogens (primary N) is 2. The summed E-state index contributed by atoms with van der Waals surface area (Å²) in [6.07, 6.45) is 9.06. The van der Waals surface area contributed by atoms with E-state index >= 15 is 0 Å². The molecule has 90 valence electrons. The minimum absolute atomic E-state index is 0.323. The molecule has 3 heteroatoms. The van der Waals surface area contributed by atoms with Crippen molar-refractivity contribution in [3.8, 4) is 0 Å². The Hall–Kier alpha value is -0.570. The van der Waals surface area contributed by atoms with Gasteiger partial charge in [0, 0.05) is 0 Å². The fraction of sp³-hybridized carbons (Fsp3) is 0.923. The van der Waals surface area contributed by atoms with Crippen molar-refractivity contribution in [2.24, 2.45) is 34.6 Å². The molecule has 1 amide bonds. The van der Waals surface area contributed by atoms with E-state index in [1.165, 1.54) is 38.5 Å². The summed E-state index contributed by atoms with van der Waals surface area (Å²) in [5, 5.41) is 0. The molecule has 4 aliphatic rings. The third-order valence-corrected chi connectivity index (χ3v) is 5.18. The molecule has 4 saturated carbocycles. The van der Waals surface area contributed by atoms with E-state index in [1.54, 1.807) is 0 Å². The first kappa shape index (κ1) is 10.6. The van der Waals surface area contributed by atoms with Crippen LogP contribution in [0.3, 0.4) is 0 Å². The van der Waals surface area contributed by atoms with Gasteiger partial charge in [-0.1, -0.05) is 0 Å². The van der Waals surface area contributed by atoms with Crippen LogP contribution in [0.15, 0.2) is 0 Å². The van der Waals surface area contributed by atoms with E-state index in [2.05, 4.69) is 0 Å². The zero-order valence-electron chi connectivity index (χ0n) is 9.82. The Balaban J connectivity index is 1.76. The third kappa shape index (κ3) is 1.65. The summed E-state index contributed by atoms with van der Waals surface area (Å²) in [5.41, 5.74) is 11.5. The van der Waals surface area contributed by atoms with Crippen LogP contribution in [0.5, 0.6) is 0 Å². The van der Waals surface area contributed by atoms with Crippen molar-refractivity contribution in [3.63, 3.8) is 0 Å². The molecule has 0 aromatic heterocycles. The van der Waals surface area contributed by atoms with Crippen molar-refractivity contribution in [1.82, 2.24) is 0 Å². The number of carbonyl (C=O) groups excluding carboxylic acids is 1. The number of primary amides is 1. The van der Waals surface area contributed by atoms with Crippen LogP contribution in [0.1, 0.15) is 44.9 Å². The van der Waals surface area contributed by atoms with E-state index in [1.807, 2.05) is 0 Å². The number of hydrogen-bond acceptors (Lipinski definition) is 2. The van der Waals surface area contributed by atoms with Crippen molar-refractivity contribution >= 4 is 5.91 Å². The van der Waals surface area contributed by atoms with Crippen molar-refractivity contribution < 1.29 is 4.79 Å². The highest BCUT2D eigenvalue weighted by molar-refractivity contribution is 5.79. The molecule has 1 atom stereocenters. The highest BCUT2D eigenvalue weighted by Gasteiger charge is 2.51. The molecular formula is C13H22N2O. The summed E-state index contributed by atoms with van der Waals surface area (Å²) in [5.74, 6) is 2.44. The van der Waals surface area contributed by atoms with Crippen molar-refractivity contribution in [1.29, 1.82) is 0 Å². The second-order valence-corrected chi connectivity index (χ2v) is 6.63. The van der Waals surface area contributed by atoms with Gasteiger partial charge < -0.3 is 11.5 Å². The zero-order valence-corrected chi connectivity index (χ0v) is 9.82. The van der Waals surface area contributed by atoms with Crippen LogP contribution < -0.4 is 11.5 Å². The molecule has 0 unspecified atom stereocenters. The molecule has 4 fully saturated rings. The van der Waals surface area contributed by atoms with Gasteiger partial charge in [0.1, 0.15) is 0 Å². The van der Waals surface area contributed by atoms with E-state index < -0.39 is 6.04 Å². The number of hydrogen-bond donors (Lipinski definition) is 2.